The molecule has 2 heterocycles. The number of carbonyl (C=O) groups excluding carboxylic acids is 1. The number of carbonyl (C=O) groups is 1. The molecule has 1 aliphatic rings. The number of fused-ring (bicyclic) bond motifs is 1. The number of rotatable bonds is 8. The first-order valence-electron chi connectivity index (χ1n) is 9.32. The molecular weight excluding hydrogens is 342 g/mol. The van der Waals surface area contributed by atoms with E-state index in [9.17, 15) is 4.79 Å². The standard InChI is InChI=1S/C21H23N3OS/c25-21(24(17-11-12-17)15-16-6-5-13-22-14-16)10-4-3-9-20-23-18-7-1-2-8-19(18)26-20/h1-2,5-8,13-14,17H,3-4,9-12,15H2. The predicted molar refractivity (Wildman–Crippen MR) is 105 cm³/mol. The molecule has 4 nitrogen and oxygen atoms in total. The predicted octanol–water partition coefficient (Wildman–Crippen LogP) is 4.60. The highest BCUT2D eigenvalue weighted by atomic mass is 32.1. The van der Waals surface area contributed by atoms with Crippen molar-refractivity contribution in [3.63, 3.8) is 0 Å². The van der Waals surface area contributed by atoms with Crippen molar-refractivity contribution in [2.75, 3.05) is 0 Å². The highest BCUT2D eigenvalue weighted by molar-refractivity contribution is 7.18. The molecule has 1 fully saturated rings. The summed E-state index contributed by atoms with van der Waals surface area (Å²) in [4.78, 5) is 23.6. The number of pyridine rings is 1. The second kappa shape index (κ2) is 7.96. The van der Waals surface area contributed by atoms with E-state index in [1.54, 1.807) is 17.5 Å². The van der Waals surface area contributed by atoms with Gasteiger partial charge in [-0.25, -0.2) is 4.98 Å². The molecule has 134 valence electrons. The number of amides is 1. The maximum atomic E-state index is 12.7. The Kier molecular flexibility index (Phi) is 5.25. The summed E-state index contributed by atoms with van der Waals surface area (Å²) >= 11 is 1.77. The van der Waals surface area contributed by atoms with Crippen molar-refractivity contribution in [2.45, 2.75) is 51.1 Å². The van der Waals surface area contributed by atoms with Gasteiger partial charge in [0.1, 0.15) is 0 Å². The molecule has 5 heteroatoms. The molecule has 3 aromatic rings. The number of thiazole rings is 1. The van der Waals surface area contributed by atoms with Crippen molar-refractivity contribution < 1.29 is 4.79 Å². The van der Waals surface area contributed by atoms with E-state index in [4.69, 9.17) is 0 Å². The van der Waals surface area contributed by atoms with Gasteiger partial charge in [-0.2, -0.15) is 0 Å². The van der Waals surface area contributed by atoms with Gasteiger partial charge in [0.05, 0.1) is 15.2 Å². The molecule has 0 saturated heterocycles. The zero-order valence-corrected chi connectivity index (χ0v) is 15.6. The van der Waals surface area contributed by atoms with E-state index >= 15 is 0 Å². The van der Waals surface area contributed by atoms with Gasteiger partial charge in [0, 0.05) is 31.4 Å². The summed E-state index contributed by atoms with van der Waals surface area (Å²) in [6, 6.07) is 12.7. The summed E-state index contributed by atoms with van der Waals surface area (Å²) in [6.07, 6.45) is 9.42. The zero-order chi connectivity index (χ0) is 17.8. The van der Waals surface area contributed by atoms with E-state index in [-0.39, 0.29) is 5.91 Å². The van der Waals surface area contributed by atoms with Crippen LogP contribution in [0.25, 0.3) is 10.2 Å². The number of hydrogen-bond donors (Lipinski definition) is 0. The van der Waals surface area contributed by atoms with E-state index in [1.807, 2.05) is 24.4 Å². The molecule has 26 heavy (non-hydrogen) atoms. The molecule has 1 aromatic carbocycles. The number of hydrogen-bond acceptors (Lipinski definition) is 4. The Labute approximate surface area is 157 Å². The van der Waals surface area contributed by atoms with Crippen LogP contribution in [0.4, 0.5) is 0 Å². The number of aromatic nitrogens is 2. The zero-order valence-electron chi connectivity index (χ0n) is 14.8. The molecule has 0 unspecified atom stereocenters. The van der Waals surface area contributed by atoms with Crippen LogP contribution in [0.3, 0.4) is 0 Å². The lowest BCUT2D eigenvalue weighted by atomic mass is 10.1. The third-order valence-corrected chi connectivity index (χ3v) is 5.85. The fraction of sp³-hybridized carbons (Fsp3) is 0.381. The highest BCUT2D eigenvalue weighted by Crippen LogP contribution is 2.29. The maximum Gasteiger partial charge on any atom is 0.223 e. The van der Waals surface area contributed by atoms with Crippen molar-refractivity contribution in [1.29, 1.82) is 0 Å². The van der Waals surface area contributed by atoms with Crippen LogP contribution in [0.5, 0.6) is 0 Å². The topological polar surface area (TPSA) is 46.1 Å². The van der Waals surface area contributed by atoms with Gasteiger partial charge in [-0.15, -0.1) is 11.3 Å². The molecule has 1 saturated carbocycles. The second-order valence-electron chi connectivity index (χ2n) is 6.90. The van der Waals surface area contributed by atoms with E-state index in [0.717, 1.165) is 43.2 Å². The first-order valence-corrected chi connectivity index (χ1v) is 10.1. The van der Waals surface area contributed by atoms with Crippen LogP contribution in [0.2, 0.25) is 0 Å². The molecule has 1 aliphatic carbocycles. The summed E-state index contributed by atoms with van der Waals surface area (Å²) in [5, 5.41) is 1.17. The maximum absolute atomic E-state index is 12.7. The third kappa shape index (κ3) is 4.28. The first kappa shape index (κ1) is 17.2. The number of unbranched alkanes of at least 4 members (excludes halogenated alkanes) is 1. The van der Waals surface area contributed by atoms with Gasteiger partial charge in [0.25, 0.3) is 0 Å². The molecule has 4 rings (SSSR count). The second-order valence-corrected chi connectivity index (χ2v) is 8.01. The fourth-order valence-corrected chi connectivity index (χ4v) is 4.23. The van der Waals surface area contributed by atoms with Crippen molar-refractivity contribution >= 4 is 27.5 Å². The van der Waals surface area contributed by atoms with Gasteiger partial charge in [-0.3, -0.25) is 9.78 Å². The van der Waals surface area contributed by atoms with Crippen molar-refractivity contribution in [3.05, 3.63) is 59.4 Å². The van der Waals surface area contributed by atoms with Crippen LogP contribution in [-0.2, 0) is 17.8 Å². The van der Waals surface area contributed by atoms with Crippen LogP contribution in [0.15, 0.2) is 48.8 Å². The lowest BCUT2D eigenvalue weighted by Gasteiger charge is -2.22. The normalized spacial score (nSPS) is 13.8. The van der Waals surface area contributed by atoms with E-state index < -0.39 is 0 Å². The number of benzene rings is 1. The molecule has 2 aromatic heterocycles. The van der Waals surface area contributed by atoms with Gasteiger partial charge in [-0.1, -0.05) is 18.2 Å². The lowest BCUT2D eigenvalue weighted by molar-refractivity contribution is -0.132. The quantitative estimate of drug-likeness (QED) is 0.548. The molecule has 0 bridgehead atoms. The van der Waals surface area contributed by atoms with Gasteiger partial charge in [0.15, 0.2) is 0 Å². The first-order chi connectivity index (χ1) is 12.8. The Morgan fingerprint density at radius 1 is 1.15 bits per heavy atom. The molecule has 0 N–H and O–H groups in total. The molecule has 0 atom stereocenters. The van der Waals surface area contributed by atoms with Crippen LogP contribution >= 0.6 is 11.3 Å². The monoisotopic (exact) mass is 365 g/mol. The summed E-state index contributed by atoms with van der Waals surface area (Å²) in [5.74, 6) is 0.278. The van der Waals surface area contributed by atoms with Gasteiger partial charge < -0.3 is 4.90 Å². The largest absolute Gasteiger partial charge is 0.335 e. The fourth-order valence-electron chi connectivity index (χ4n) is 3.22. The smallest absolute Gasteiger partial charge is 0.223 e. The summed E-state index contributed by atoms with van der Waals surface area (Å²) < 4.78 is 1.25. The average molecular weight is 366 g/mol. The van der Waals surface area contributed by atoms with Crippen molar-refractivity contribution in [1.82, 2.24) is 14.9 Å². The third-order valence-electron chi connectivity index (χ3n) is 4.75. The van der Waals surface area contributed by atoms with Crippen LogP contribution in [0.1, 0.15) is 42.7 Å². The minimum Gasteiger partial charge on any atom is -0.335 e. The Bertz CT molecular complexity index is 840. The van der Waals surface area contributed by atoms with Crippen LogP contribution < -0.4 is 0 Å². The Balaban J connectivity index is 1.27. The van der Waals surface area contributed by atoms with E-state index in [0.29, 0.717) is 19.0 Å². The van der Waals surface area contributed by atoms with Gasteiger partial charge >= 0.3 is 0 Å². The number of aryl methyl sites for hydroxylation is 1. The van der Waals surface area contributed by atoms with Crippen molar-refractivity contribution in [3.8, 4) is 0 Å². The minimum atomic E-state index is 0.278. The Morgan fingerprint density at radius 2 is 2.04 bits per heavy atom. The van der Waals surface area contributed by atoms with Gasteiger partial charge in [0.2, 0.25) is 5.91 Å². The minimum absolute atomic E-state index is 0.278. The SMILES string of the molecule is O=C(CCCCc1nc2ccccc2s1)N(Cc1cccnc1)C1CC1. The van der Waals surface area contributed by atoms with Crippen molar-refractivity contribution in [2.24, 2.45) is 0 Å². The summed E-state index contributed by atoms with van der Waals surface area (Å²) in [6.45, 7) is 0.690. The molecule has 0 aliphatic heterocycles. The average Bonchev–Trinajstić information content (AvgIpc) is 3.42. The molecule has 0 radical (unpaired) electrons. The molecular formula is C21H23N3OS. The number of nitrogens with zero attached hydrogens (tertiary/aromatic N) is 3. The van der Waals surface area contributed by atoms with E-state index in [2.05, 4.69) is 33.1 Å². The van der Waals surface area contributed by atoms with Crippen LogP contribution in [-0.4, -0.2) is 26.8 Å². The lowest BCUT2D eigenvalue weighted by Crippen LogP contribution is -2.32. The highest BCUT2D eigenvalue weighted by Gasteiger charge is 2.32. The number of para-hydroxylation sites is 1. The Morgan fingerprint density at radius 3 is 2.81 bits per heavy atom. The van der Waals surface area contributed by atoms with Gasteiger partial charge in [-0.05, 0) is 55.9 Å². The summed E-state index contributed by atoms with van der Waals surface area (Å²) in [7, 11) is 0. The molecule has 1 amide bonds. The molecule has 0 spiro atoms. The Hall–Kier alpha value is -2.27. The summed E-state index contributed by atoms with van der Waals surface area (Å²) in [5.41, 5.74) is 2.20. The van der Waals surface area contributed by atoms with Crippen LogP contribution in [0, 0.1) is 0 Å². The van der Waals surface area contributed by atoms with E-state index in [1.165, 1.54) is 9.71 Å².